The van der Waals surface area contributed by atoms with Gasteiger partial charge in [-0.1, -0.05) is 12.1 Å². The monoisotopic (exact) mass is 432 g/mol. The number of hydrogen-bond donors (Lipinski definition) is 1. The molecule has 0 aromatic heterocycles. The Bertz CT molecular complexity index is 560. The molecule has 0 bridgehead atoms. The van der Waals surface area contributed by atoms with E-state index in [9.17, 15) is 4.79 Å². The van der Waals surface area contributed by atoms with Crippen LogP contribution >= 0.6 is 35.7 Å². The summed E-state index contributed by atoms with van der Waals surface area (Å²) in [6, 6.07) is 7.99. The minimum absolute atomic E-state index is 0. The number of benzene rings is 1. The maximum absolute atomic E-state index is 11.5. The highest BCUT2D eigenvalue weighted by Gasteiger charge is 2.25. The quantitative estimate of drug-likeness (QED) is 0.343. The second kappa shape index (κ2) is 8.05. The molecule has 2 heterocycles. The van der Waals surface area contributed by atoms with Gasteiger partial charge in [0.05, 0.1) is 6.54 Å². The van der Waals surface area contributed by atoms with E-state index in [0.717, 1.165) is 42.4 Å². The van der Waals surface area contributed by atoms with E-state index in [1.807, 2.05) is 36.0 Å². The molecule has 0 atom stereocenters. The minimum Gasteiger partial charge on any atom is -0.370 e. The zero-order chi connectivity index (χ0) is 14.7. The molecule has 0 aliphatic carbocycles. The van der Waals surface area contributed by atoms with Crippen LogP contribution in [0.4, 0.5) is 5.69 Å². The Morgan fingerprint density at radius 1 is 1.27 bits per heavy atom. The SMILES string of the molecule is I.NC(=NCc1cccc(N2CCC2=O)c1)N1CCSCC1. The van der Waals surface area contributed by atoms with Crippen LogP contribution in [0.3, 0.4) is 0 Å². The topological polar surface area (TPSA) is 61.9 Å². The molecule has 7 heteroatoms. The fourth-order valence-electron chi connectivity index (χ4n) is 2.48. The third-order valence-electron chi connectivity index (χ3n) is 3.83. The largest absolute Gasteiger partial charge is 0.370 e. The molecule has 2 saturated heterocycles. The van der Waals surface area contributed by atoms with Crippen LogP contribution < -0.4 is 10.6 Å². The lowest BCUT2D eigenvalue weighted by molar-refractivity contribution is -0.122. The van der Waals surface area contributed by atoms with Crippen molar-refractivity contribution in [1.29, 1.82) is 0 Å². The van der Waals surface area contributed by atoms with E-state index in [1.54, 1.807) is 4.90 Å². The smallest absolute Gasteiger partial charge is 0.228 e. The number of carbonyl (C=O) groups is 1. The van der Waals surface area contributed by atoms with Crippen molar-refractivity contribution in [2.45, 2.75) is 13.0 Å². The predicted molar refractivity (Wildman–Crippen MR) is 103 cm³/mol. The molecular formula is C15H21IN4OS. The summed E-state index contributed by atoms with van der Waals surface area (Å²) in [6.45, 7) is 3.33. The third kappa shape index (κ3) is 4.07. The van der Waals surface area contributed by atoms with Gasteiger partial charge in [0.15, 0.2) is 5.96 Å². The maximum atomic E-state index is 11.5. The molecule has 0 saturated carbocycles. The lowest BCUT2D eigenvalue weighted by atomic mass is 10.1. The number of halogens is 1. The summed E-state index contributed by atoms with van der Waals surface area (Å²) in [5, 5.41) is 0. The number of nitrogens with zero attached hydrogens (tertiary/aromatic N) is 3. The van der Waals surface area contributed by atoms with E-state index in [-0.39, 0.29) is 29.9 Å². The molecule has 1 amide bonds. The van der Waals surface area contributed by atoms with Gasteiger partial charge < -0.3 is 15.5 Å². The molecule has 2 aliphatic rings. The van der Waals surface area contributed by atoms with Crippen molar-refractivity contribution in [2.24, 2.45) is 10.7 Å². The second-order valence-corrected chi connectivity index (χ2v) is 6.46. The summed E-state index contributed by atoms with van der Waals surface area (Å²) in [6.07, 6.45) is 0.655. The second-order valence-electron chi connectivity index (χ2n) is 5.24. The Morgan fingerprint density at radius 3 is 2.68 bits per heavy atom. The number of rotatable bonds is 3. The Kier molecular flexibility index (Phi) is 6.37. The molecule has 0 unspecified atom stereocenters. The van der Waals surface area contributed by atoms with Crippen molar-refractivity contribution < 1.29 is 4.79 Å². The molecule has 1 aromatic carbocycles. The van der Waals surface area contributed by atoms with Gasteiger partial charge in [-0.05, 0) is 17.7 Å². The zero-order valence-electron chi connectivity index (χ0n) is 12.4. The van der Waals surface area contributed by atoms with E-state index in [4.69, 9.17) is 5.73 Å². The lowest BCUT2D eigenvalue weighted by Gasteiger charge is -2.31. The first-order chi connectivity index (χ1) is 10.2. The molecule has 5 nitrogen and oxygen atoms in total. The Hall–Kier alpha value is -0.960. The highest BCUT2D eigenvalue weighted by Crippen LogP contribution is 2.23. The molecule has 0 spiro atoms. The van der Waals surface area contributed by atoms with Crippen LogP contribution in [-0.4, -0.2) is 47.9 Å². The summed E-state index contributed by atoms with van der Waals surface area (Å²) >= 11 is 1.96. The van der Waals surface area contributed by atoms with Crippen LogP contribution in [-0.2, 0) is 11.3 Å². The van der Waals surface area contributed by atoms with Crippen molar-refractivity contribution in [2.75, 3.05) is 36.0 Å². The number of anilines is 1. The van der Waals surface area contributed by atoms with E-state index in [1.165, 1.54) is 0 Å². The summed E-state index contributed by atoms with van der Waals surface area (Å²) in [5.41, 5.74) is 8.11. The number of aliphatic imine (C=N–C) groups is 1. The maximum Gasteiger partial charge on any atom is 0.228 e. The van der Waals surface area contributed by atoms with Crippen molar-refractivity contribution in [3.8, 4) is 0 Å². The predicted octanol–water partition coefficient (Wildman–Crippen LogP) is 1.90. The summed E-state index contributed by atoms with van der Waals surface area (Å²) in [4.78, 5) is 19.9. The van der Waals surface area contributed by atoms with E-state index in [2.05, 4.69) is 9.89 Å². The van der Waals surface area contributed by atoms with Gasteiger partial charge in [0.25, 0.3) is 0 Å². The first-order valence-corrected chi connectivity index (χ1v) is 8.41. The van der Waals surface area contributed by atoms with E-state index < -0.39 is 0 Å². The van der Waals surface area contributed by atoms with Crippen molar-refractivity contribution in [3.05, 3.63) is 29.8 Å². The summed E-state index contributed by atoms with van der Waals surface area (Å²) in [7, 11) is 0. The normalized spacial score (nSPS) is 18.7. The lowest BCUT2D eigenvalue weighted by Crippen LogP contribution is -2.43. The molecule has 0 radical (unpaired) electrons. The van der Waals surface area contributed by atoms with Crippen LogP contribution in [0.2, 0.25) is 0 Å². The number of nitrogens with two attached hydrogens (primary N) is 1. The van der Waals surface area contributed by atoms with Crippen LogP contribution in [0.1, 0.15) is 12.0 Å². The van der Waals surface area contributed by atoms with Gasteiger partial charge in [-0.25, -0.2) is 4.99 Å². The molecule has 22 heavy (non-hydrogen) atoms. The molecule has 2 aliphatic heterocycles. The number of hydrogen-bond acceptors (Lipinski definition) is 3. The average molecular weight is 432 g/mol. The van der Waals surface area contributed by atoms with Crippen LogP contribution in [0.5, 0.6) is 0 Å². The van der Waals surface area contributed by atoms with Gasteiger partial charge in [-0.15, -0.1) is 24.0 Å². The molecule has 120 valence electrons. The van der Waals surface area contributed by atoms with Gasteiger partial charge in [0.1, 0.15) is 0 Å². The zero-order valence-corrected chi connectivity index (χ0v) is 15.5. The summed E-state index contributed by atoms with van der Waals surface area (Å²) in [5.74, 6) is 3.05. The van der Waals surface area contributed by atoms with Crippen molar-refractivity contribution >= 4 is 53.3 Å². The fraction of sp³-hybridized carbons (Fsp3) is 0.467. The number of guanidine groups is 1. The fourth-order valence-corrected chi connectivity index (χ4v) is 3.38. The van der Waals surface area contributed by atoms with Crippen LogP contribution in [0, 0.1) is 0 Å². The first kappa shape index (κ1) is 17.4. The number of β-lactam (4-membered cyclic amide) rings is 1. The highest BCUT2D eigenvalue weighted by atomic mass is 127. The van der Waals surface area contributed by atoms with Gasteiger partial charge in [0.2, 0.25) is 5.91 Å². The molecule has 1 aromatic rings. The van der Waals surface area contributed by atoms with Gasteiger partial charge in [0, 0.05) is 43.2 Å². The van der Waals surface area contributed by atoms with Gasteiger partial charge >= 0.3 is 0 Å². The number of thioether (sulfide) groups is 1. The van der Waals surface area contributed by atoms with Crippen LogP contribution in [0.15, 0.2) is 29.3 Å². The third-order valence-corrected chi connectivity index (χ3v) is 4.77. The first-order valence-electron chi connectivity index (χ1n) is 7.26. The summed E-state index contributed by atoms with van der Waals surface area (Å²) < 4.78 is 0. The molecular weight excluding hydrogens is 411 g/mol. The Labute approximate surface area is 152 Å². The highest BCUT2D eigenvalue weighted by molar-refractivity contribution is 14.0. The Morgan fingerprint density at radius 2 is 2.05 bits per heavy atom. The van der Waals surface area contributed by atoms with E-state index in [0.29, 0.717) is 18.9 Å². The van der Waals surface area contributed by atoms with Gasteiger partial charge in [-0.2, -0.15) is 11.8 Å². The standard InChI is InChI=1S/C15H20N4OS.HI/c16-15(18-6-8-21-9-7-18)17-11-12-2-1-3-13(10-12)19-5-4-14(19)20;/h1-3,10H,4-9,11H2,(H2,16,17);1H. The van der Waals surface area contributed by atoms with Crippen LogP contribution in [0.25, 0.3) is 0 Å². The van der Waals surface area contributed by atoms with Crippen molar-refractivity contribution in [1.82, 2.24) is 4.90 Å². The van der Waals surface area contributed by atoms with Gasteiger partial charge in [-0.3, -0.25) is 4.79 Å². The molecule has 2 N–H and O–H groups in total. The number of amides is 1. The molecule has 3 rings (SSSR count). The molecule has 2 fully saturated rings. The minimum atomic E-state index is 0. The average Bonchev–Trinajstić information content (AvgIpc) is 2.52. The number of carbonyl (C=O) groups excluding carboxylic acids is 1. The van der Waals surface area contributed by atoms with E-state index >= 15 is 0 Å². The van der Waals surface area contributed by atoms with Crippen molar-refractivity contribution in [3.63, 3.8) is 0 Å². The Balaban J connectivity index is 0.00000176.